The molecule has 4 aromatic rings. The van der Waals surface area contributed by atoms with Crippen molar-refractivity contribution in [3.63, 3.8) is 0 Å². The fraction of sp³-hybridized carbons (Fsp3) is 0.222. The van der Waals surface area contributed by atoms with Gasteiger partial charge >= 0.3 is 0 Å². The van der Waals surface area contributed by atoms with Crippen LogP contribution in [0.4, 0.5) is 5.69 Å². The molecule has 0 radical (unpaired) electrons. The number of fused-ring (bicyclic) bond motifs is 1. The number of carbonyl (C=O) groups is 2. The normalized spacial score (nSPS) is 17.5. The van der Waals surface area contributed by atoms with E-state index in [0.29, 0.717) is 12.2 Å². The number of rotatable bonds is 5. The summed E-state index contributed by atoms with van der Waals surface area (Å²) in [7, 11) is 0. The Bertz CT molecular complexity index is 1380. The summed E-state index contributed by atoms with van der Waals surface area (Å²) in [5.74, 6) is -0.450. The molecule has 172 valence electrons. The second-order valence-electron chi connectivity index (χ2n) is 8.92. The van der Waals surface area contributed by atoms with E-state index in [1.807, 2.05) is 92.9 Å². The molecule has 3 heterocycles. The minimum absolute atomic E-state index is 0.218. The van der Waals surface area contributed by atoms with E-state index >= 15 is 0 Å². The average molecular weight is 471 g/mol. The van der Waals surface area contributed by atoms with Gasteiger partial charge in [0.2, 0.25) is 5.91 Å². The molecule has 0 bridgehead atoms. The highest BCUT2D eigenvalue weighted by atomic mass is 32.1. The highest BCUT2D eigenvalue weighted by molar-refractivity contribution is 7.13. The van der Waals surface area contributed by atoms with Gasteiger partial charge in [-0.1, -0.05) is 54.1 Å². The molecule has 5 rings (SSSR count). The number of anilines is 1. The first-order valence-corrected chi connectivity index (χ1v) is 12.1. The van der Waals surface area contributed by atoms with E-state index in [1.165, 1.54) is 0 Å². The van der Waals surface area contributed by atoms with Gasteiger partial charge in [0.15, 0.2) is 0 Å². The summed E-state index contributed by atoms with van der Waals surface area (Å²) in [5, 5.41) is 9.76. The van der Waals surface area contributed by atoms with Crippen molar-refractivity contribution in [2.45, 2.75) is 39.4 Å². The van der Waals surface area contributed by atoms with Gasteiger partial charge < -0.3 is 5.32 Å². The summed E-state index contributed by atoms with van der Waals surface area (Å²) >= 11 is 1.57. The third kappa shape index (κ3) is 3.82. The maximum Gasteiger partial charge on any atom is 0.277 e. The standard InChI is InChI=1S/C27H26N4O2S/c1-18-8-6-10-20(14-18)16-28-26(33)27(3)17-30-23(15-21(29-30)24-12-7-13-34-24)25(32)31(27)22-11-5-4-9-19(22)2/h4-15H,16-17H2,1-3H3,(H,28,33)/t27-/m1/s1. The first-order valence-electron chi connectivity index (χ1n) is 11.2. The van der Waals surface area contributed by atoms with Gasteiger partial charge in [-0.3, -0.25) is 19.2 Å². The number of hydrogen-bond donors (Lipinski definition) is 1. The number of carbonyl (C=O) groups excluding carboxylic acids is 2. The zero-order valence-corrected chi connectivity index (χ0v) is 20.2. The molecule has 1 aliphatic heterocycles. The van der Waals surface area contributed by atoms with Gasteiger partial charge in [0.1, 0.15) is 16.9 Å². The molecule has 1 aliphatic rings. The fourth-order valence-corrected chi connectivity index (χ4v) is 5.19. The molecule has 0 spiro atoms. The molecular formula is C27H26N4O2S. The number of nitrogens with zero attached hydrogens (tertiary/aromatic N) is 3. The van der Waals surface area contributed by atoms with E-state index < -0.39 is 5.54 Å². The maximum atomic E-state index is 13.9. The summed E-state index contributed by atoms with van der Waals surface area (Å²) in [6.07, 6.45) is 0. The van der Waals surface area contributed by atoms with Crippen molar-refractivity contribution in [3.05, 3.63) is 94.5 Å². The smallest absolute Gasteiger partial charge is 0.277 e. The summed E-state index contributed by atoms with van der Waals surface area (Å²) in [4.78, 5) is 30.2. The molecule has 1 N–H and O–H groups in total. The summed E-state index contributed by atoms with van der Waals surface area (Å²) in [6.45, 7) is 6.44. The van der Waals surface area contributed by atoms with Crippen LogP contribution in [0.5, 0.6) is 0 Å². The van der Waals surface area contributed by atoms with E-state index in [2.05, 4.69) is 5.32 Å². The number of amides is 2. The number of aryl methyl sites for hydroxylation is 2. The van der Waals surface area contributed by atoms with E-state index in [-0.39, 0.29) is 18.4 Å². The second kappa shape index (κ2) is 8.57. The topological polar surface area (TPSA) is 67.2 Å². The Morgan fingerprint density at radius 3 is 2.65 bits per heavy atom. The zero-order valence-electron chi connectivity index (χ0n) is 19.4. The molecule has 6 nitrogen and oxygen atoms in total. The SMILES string of the molecule is Cc1cccc(CNC(=O)[C@@]2(C)Cn3nc(-c4cccs4)cc3C(=O)N2c2ccccc2C)c1. The number of hydrogen-bond acceptors (Lipinski definition) is 4. The third-order valence-electron chi connectivity index (χ3n) is 6.31. The molecule has 1 atom stereocenters. The van der Waals surface area contributed by atoms with Gasteiger partial charge in [0.25, 0.3) is 5.91 Å². The number of thiophene rings is 1. The molecule has 0 unspecified atom stereocenters. The molecule has 34 heavy (non-hydrogen) atoms. The monoisotopic (exact) mass is 470 g/mol. The Hall–Kier alpha value is -3.71. The first kappa shape index (κ1) is 22.1. The highest BCUT2D eigenvalue weighted by Crippen LogP contribution is 2.36. The minimum Gasteiger partial charge on any atom is -0.350 e. The Labute approximate surface area is 202 Å². The van der Waals surface area contributed by atoms with E-state index in [0.717, 1.165) is 32.9 Å². The van der Waals surface area contributed by atoms with Crippen LogP contribution < -0.4 is 10.2 Å². The predicted molar refractivity (Wildman–Crippen MR) is 135 cm³/mol. The van der Waals surface area contributed by atoms with Crippen LogP contribution in [-0.2, 0) is 17.9 Å². The van der Waals surface area contributed by atoms with Crippen LogP contribution in [0, 0.1) is 13.8 Å². The van der Waals surface area contributed by atoms with Gasteiger partial charge in [0.05, 0.1) is 11.4 Å². The molecule has 7 heteroatoms. The number of para-hydroxylation sites is 1. The van der Waals surface area contributed by atoms with Crippen LogP contribution in [0.3, 0.4) is 0 Å². The van der Waals surface area contributed by atoms with Gasteiger partial charge in [-0.25, -0.2) is 0 Å². The van der Waals surface area contributed by atoms with Crippen LogP contribution >= 0.6 is 11.3 Å². The lowest BCUT2D eigenvalue weighted by atomic mass is 9.93. The quantitative estimate of drug-likeness (QED) is 0.448. The highest BCUT2D eigenvalue weighted by Gasteiger charge is 2.49. The van der Waals surface area contributed by atoms with E-state index in [1.54, 1.807) is 20.9 Å². The van der Waals surface area contributed by atoms with Gasteiger partial charge in [0, 0.05) is 12.2 Å². The van der Waals surface area contributed by atoms with Crippen molar-refractivity contribution in [3.8, 4) is 10.6 Å². The average Bonchev–Trinajstić information content (AvgIpc) is 3.49. The van der Waals surface area contributed by atoms with Crippen molar-refractivity contribution in [1.29, 1.82) is 0 Å². The van der Waals surface area contributed by atoms with Gasteiger partial charge in [-0.05, 0) is 55.5 Å². The molecule has 2 aromatic heterocycles. The van der Waals surface area contributed by atoms with Crippen molar-refractivity contribution in [2.24, 2.45) is 0 Å². The van der Waals surface area contributed by atoms with Crippen LogP contribution in [-0.4, -0.2) is 27.1 Å². The molecule has 2 aromatic carbocycles. The molecule has 0 saturated carbocycles. The number of nitrogens with one attached hydrogen (secondary N) is 1. The van der Waals surface area contributed by atoms with Crippen LogP contribution in [0.1, 0.15) is 34.1 Å². The maximum absolute atomic E-state index is 13.9. The van der Waals surface area contributed by atoms with Crippen LogP contribution in [0.25, 0.3) is 10.6 Å². The summed E-state index contributed by atoms with van der Waals surface area (Å²) in [6, 6.07) is 21.5. The number of benzene rings is 2. The lowest BCUT2D eigenvalue weighted by Gasteiger charge is -2.43. The van der Waals surface area contributed by atoms with Crippen molar-refractivity contribution in [1.82, 2.24) is 15.1 Å². The Morgan fingerprint density at radius 2 is 1.91 bits per heavy atom. The molecule has 0 aliphatic carbocycles. The second-order valence-corrected chi connectivity index (χ2v) is 9.87. The summed E-state index contributed by atoms with van der Waals surface area (Å²) < 4.78 is 1.68. The lowest BCUT2D eigenvalue weighted by molar-refractivity contribution is -0.126. The Balaban J connectivity index is 1.55. The van der Waals surface area contributed by atoms with Gasteiger partial charge in [-0.2, -0.15) is 5.10 Å². The van der Waals surface area contributed by atoms with Crippen molar-refractivity contribution >= 4 is 28.8 Å². The third-order valence-corrected chi connectivity index (χ3v) is 7.20. The molecule has 0 saturated heterocycles. The molecular weight excluding hydrogens is 444 g/mol. The zero-order chi connectivity index (χ0) is 23.9. The minimum atomic E-state index is -1.15. The van der Waals surface area contributed by atoms with Crippen LogP contribution in [0.15, 0.2) is 72.1 Å². The lowest BCUT2D eigenvalue weighted by Crippen LogP contribution is -2.64. The molecule has 2 amide bonds. The fourth-order valence-electron chi connectivity index (χ4n) is 4.51. The van der Waals surface area contributed by atoms with E-state index in [9.17, 15) is 9.59 Å². The van der Waals surface area contributed by atoms with Crippen molar-refractivity contribution < 1.29 is 9.59 Å². The van der Waals surface area contributed by atoms with Crippen LogP contribution in [0.2, 0.25) is 0 Å². The van der Waals surface area contributed by atoms with E-state index in [4.69, 9.17) is 5.10 Å². The largest absolute Gasteiger partial charge is 0.350 e. The first-order chi connectivity index (χ1) is 16.4. The van der Waals surface area contributed by atoms with Gasteiger partial charge in [-0.15, -0.1) is 11.3 Å². The Kier molecular flexibility index (Phi) is 5.57. The molecule has 0 fully saturated rings. The predicted octanol–water partition coefficient (Wildman–Crippen LogP) is 4.96. The Morgan fingerprint density at radius 1 is 1.09 bits per heavy atom. The number of aromatic nitrogens is 2. The summed E-state index contributed by atoms with van der Waals surface area (Å²) in [5.41, 5.74) is 3.88. The van der Waals surface area contributed by atoms with Crippen molar-refractivity contribution in [2.75, 3.05) is 4.90 Å².